The average molecular weight is 300 g/mol. The zero-order chi connectivity index (χ0) is 15.8. The number of quaternary nitrogens is 1. The van der Waals surface area contributed by atoms with E-state index in [-0.39, 0.29) is 0 Å². The van der Waals surface area contributed by atoms with Gasteiger partial charge in [-0.25, -0.2) is 0 Å². The van der Waals surface area contributed by atoms with Crippen LogP contribution in [0.4, 0.5) is 0 Å². The molecule has 0 aromatic heterocycles. The largest absolute Gasteiger partial charge is 0.634 e. The SMILES string of the molecule is CCCCCCCCCCCCCCC(C)[NH+]([O-])CCC. The van der Waals surface area contributed by atoms with E-state index in [4.69, 9.17) is 0 Å². The number of hydroxylamine groups is 2. The molecule has 0 spiro atoms. The van der Waals surface area contributed by atoms with Gasteiger partial charge in [-0.3, -0.25) is 0 Å². The van der Waals surface area contributed by atoms with Crippen LogP contribution in [0, 0.1) is 5.21 Å². The van der Waals surface area contributed by atoms with E-state index in [1.165, 1.54) is 77.0 Å². The fourth-order valence-electron chi connectivity index (χ4n) is 2.95. The van der Waals surface area contributed by atoms with Gasteiger partial charge in [-0.05, 0) is 26.2 Å². The van der Waals surface area contributed by atoms with Crippen LogP contribution >= 0.6 is 0 Å². The Bertz CT molecular complexity index is 196. The lowest BCUT2D eigenvalue weighted by molar-refractivity contribution is -0.873. The highest BCUT2D eigenvalue weighted by Gasteiger charge is 2.07. The van der Waals surface area contributed by atoms with Crippen molar-refractivity contribution in [1.82, 2.24) is 0 Å². The highest BCUT2D eigenvalue weighted by molar-refractivity contribution is 4.52. The third-order valence-electron chi connectivity index (χ3n) is 4.54. The monoisotopic (exact) mass is 299 g/mol. The van der Waals surface area contributed by atoms with E-state index < -0.39 is 0 Å². The summed E-state index contributed by atoms with van der Waals surface area (Å²) in [4.78, 5) is 0. The van der Waals surface area contributed by atoms with Gasteiger partial charge in [0, 0.05) is 0 Å². The van der Waals surface area contributed by atoms with Gasteiger partial charge in [-0.2, -0.15) is 0 Å². The molecular weight excluding hydrogens is 258 g/mol. The number of unbranched alkanes of at least 4 members (excludes halogenated alkanes) is 11. The van der Waals surface area contributed by atoms with Crippen molar-refractivity contribution in [3.63, 3.8) is 0 Å². The normalized spacial score (nSPS) is 14.3. The van der Waals surface area contributed by atoms with Crippen molar-refractivity contribution in [2.75, 3.05) is 6.54 Å². The van der Waals surface area contributed by atoms with Crippen LogP contribution in [-0.4, -0.2) is 12.6 Å². The first-order valence-electron chi connectivity index (χ1n) is 9.75. The lowest BCUT2D eigenvalue weighted by atomic mass is 10.0. The van der Waals surface area contributed by atoms with Gasteiger partial charge in [0.15, 0.2) is 0 Å². The maximum atomic E-state index is 11.7. The smallest absolute Gasteiger partial charge is 0.0843 e. The maximum absolute atomic E-state index is 11.7. The first-order valence-corrected chi connectivity index (χ1v) is 9.75. The van der Waals surface area contributed by atoms with Crippen molar-refractivity contribution >= 4 is 0 Å². The van der Waals surface area contributed by atoms with Crippen molar-refractivity contribution in [3.05, 3.63) is 5.21 Å². The molecule has 0 aromatic rings. The lowest BCUT2D eigenvalue weighted by Crippen LogP contribution is -3.10. The quantitative estimate of drug-likeness (QED) is 0.305. The second-order valence-electron chi connectivity index (χ2n) is 6.80. The van der Waals surface area contributed by atoms with Crippen LogP contribution in [0.2, 0.25) is 0 Å². The lowest BCUT2D eigenvalue weighted by Gasteiger charge is -2.28. The third-order valence-corrected chi connectivity index (χ3v) is 4.54. The van der Waals surface area contributed by atoms with Crippen LogP contribution < -0.4 is 5.06 Å². The molecule has 128 valence electrons. The van der Waals surface area contributed by atoms with Crippen LogP contribution in [0.1, 0.15) is 111 Å². The van der Waals surface area contributed by atoms with Gasteiger partial charge in [-0.1, -0.05) is 84.5 Å². The Morgan fingerprint density at radius 2 is 1.10 bits per heavy atom. The molecule has 0 aliphatic carbocycles. The fourth-order valence-corrected chi connectivity index (χ4v) is 2.95. The molecule has 2 unspecified atom stereocenters. The summed E-state index contributed by atoms with van der Waals surface area (Å²) >= 11 is 0. The minimum Gasteiger partial charge on any atom is -0.634 e. The average Bonchev–Trinajstić information content (AvgIpc) is 2.48. The molecule has 0 fully saturated rings. The van der Waals surface area contributed by atoms with Gasteiger partial charge in [0.1, 0.15) is 0 Å². The van der Waals surface area contributed by atoms with Crippen LogP contribution in [0.3, 0.4) is 0 Å². The summed E-state index contributed by atoms with van der Waals surface area (Å²) in [6, 6.07) is 0.299. The summed E-state index contributed by atoms with van der Waals surface area (Å²) in [5.41, 5.74) is 0. The Kier molecular flexibility index (Phi) is 16.2. The Balaban J connectivity index is 3.15. The first kappa shape index (κ1) is 20.9. The van der Waals surface area contributed by atoms with Crippen LogP contribution in [-0.2, 0) is 0 Å². The van der Waals surface area contributed by atoms with Gasteiger partial charge in [0.25, 0.3) is 0 Å². The molecule has 21 heavy (non-hydrogen) atoms. The molecule has 0 aromatic carbocycles. The molecule has 0 radical (unpaired) electrons. The van der Waals surface area contributed by atoms with Gasteiger partial charge >= 0.3 is 0 Å². The van der Waals surface area contributed by atoms with Crippen LogP contribution in [0.25, 0.3) is 0 Å². The molecule has 0 saturated heterocycles. The van der Waals surface area contributed by atoms with E-state index in [2.05, 4.69) is 20.8 Å². The minimum absolute atomic E-state index is 0.299. The van der Waals surface area contributed by atoms with Crippen molar-refractivity contribution in [2.45, 2.75) is 117 Å². The number of hydrogen-bond donors (Lipinski definition) is 1. The molecule has 2 heteroatoms. The maximum Gasteiger partial charge on any atom is 0.0843 e. The Labute approximate surface area is 134 Å². The summed E-state index contributed by atoms with van der Waals surface area (Å²) < 4.78 is 0. The summed E-state index contributed by atoms with van der Waals surface area (Å²) in [6.45, 7) is 7.25. The van der Waals surface area contributed by atoms with E-state index in [1.807, 2.05) is 0 Å². The fraction of sp³-hybridized carbons (Fsp3) is 1.00. The number of hydrogen-bond acceptors (Lipinski definition) is 1. The second-order valence-corrected chi connectivity index (χ2v) is 6.80. The van der Waals surface area contributed by atoms with Crippen LogP contribution in [0.5, 0.6) is 0 Å². The van der Waals surface area contributed by atoms with Gasteiger partial charge in [-0.15, -0.1) is 0 Å². The van der Waals surface area contributed by atoms with E-state index in [0.717, 1.165) is 19.4 Å². The zero-order valence-corrected chi connectivity index (χ0v) is 15.1. The molecule has 0 aliphatic heterocycles. The Hall–Kier alpha value is -0.0800. The summed E-state index contributed by atoms with van der Waals surface area (Å²) in [5, 5.41) is 12.1. The summed E-state index contributed by atoms with van der Waals surface area (Å²) in [7, 11) is 0. The molecule has 0 saturated carbocycles. The molecular formula is C19H41NO. The van der Waals surface area contributed by atoms with E-state index >= 15 is 0 Å². The minimum atomic E-state index is 0.299. The van der Waals surface area contributed by atoms with E-state index in [9.17, 15) is 5.21 Å². The third kappa shape index (κ3) is 14.6. The molecule has 0 heterocycles. The number of rotatable bonds is 16. The predicted octanol–water partition coefficient (Wildman–Crippen LogP) is 5.26. The van der Waals surface area contributed by atoms with Crippen molar-refractivity contribution in [2.24, 2.45) is 0 Å². The Morgan fingerprint density at radius 3 is 1.52 bits per heavy atom. The van der Waals surface area contributed by atoms with Gasteiger partial charge < -0.3 is 10.3 Å². The van der Waals surface area contributed by atoms with Crippen molar-refractivity contribution in [3.8, 4) is 0 Å². The predicted molar refractivity (Wildman–Crippen MR) is 94.6 cm³/mol. The molecule has 2 nitrogen and oxygen atoms in total. The molecule has 0 amide bonds. The highest BCUT2D eigenvalue weighted by atomic mass is 16.5. The van der Waals surface area contributed by atoms with Crippen molar-refractivity contribution in [1.29, 1.82) is 0 Å². The highest BCUT2D eigenvalue weighted by Crippen LogP contribution is 2.12. The Morgan fingerprint density at radius 1 is 0.667 bits per heavy atom. The molecule has 0 aliphatic rings. The molecule has 1 N–H and O–H groups in total. The van der Waals surface area contributed by atoms with Crippen molar-refractivity contribution < 1.29 is 5.06 Å². The van der Waals surface area contributed by atoms with Gasteiger partial charge in [0.2, 0.25) is 0 Å². The summed E-state index contributed by atoms with van der Waals surface area (Å²) in [5.74, 6) is 0. The standard InChI is InChI=1S/C19H41NO/c1-4-6-7-8-9-10-11-12-13-14-15-16-17-19(3)20(21)18-5-2/h19-20H,4-18H2,1-3H3. The first-order chi connectivity index (χ1) is 10.2. The summed E-state index contributed by atoms with van der Waals surface area (Å²) in [6.07, 6.45) is 18.8. The molecule has 0 rings (SSSR count). The van der Waals surface area contributed by atoms with E-state index in [0.29, 0.717) is 11.1 Å². The van der Waals surface area contributed by atoms with E-state index in [1.54, 1.807) is 0 Å². The molecule has 2 atom stereocenters. The molecule has 0 bridgehead atoms. The van der Waals surface area contributed by atoms with Gasteiger partial charge in [0.05, 0.1) is 12.6 Å². The number of nitrogens with one attached hydrogen (secondary N) is 1. The zero-order valence-electron chi connectivity index (χ0n) is 15.1. The second kappa shape index (κ2) is 16.3. The van der Waals surface area contributed by atoms with Crippen LogP contribution in [0.15, 0.2) is 0 Å². The topological polar surface area (TPSA) is 27.5 Å².